The molecule has 1 rings (SSSR count). The minimum atomic E-state index is -4.28. The Bertz CT molecular complexity index is 488. The van der Waals surface area contributed by atoms with Crippen molar-refractivity contribution in [1.29, 1.82) is 0 Å². The molecule has 0 fully saturated rings. The second kappa shape index (κ2) is 6.56. The number of nitrogens with one attached hydrogen (secondary N) is 1. The number of rotatable bonds is 5. The lowest BCUT2D eigenvalue weighted by atomic mass is 10.1. The van der Waals surface area contributed by atoms with Crippen LogP contribution in [0.2, 0.25) is 0 Å². The highest BCUT2D eigenvalue weighted by Crippen LogP contribution is 2.21. The molecule has 1 aromatic carbocycles. The molecule has 1 atom stereocenters. The van der Waals surface area contributed by atoms with E-state index >= 15 is 0 Å². The maximum absolute atomic E-state index is 14.0. The van der Waals surface area contributed by atoms with Gasteiger partial charge < -0.3 is 16.3 Å². The quantitative estimate of drug-likeness (QED) is 0.256. The van der Waals surface area contributed by atoms with Crippen molar-refractivity contribution in [2.24, 2.45) is 10.9 Å². The van der Waals surface area contributed by atoms with Gasteiger partial charge in [0.1, 0.15) is 5.82 Å². The van der Waals surface area contributed by atoms with Crippen LogP contribution in [0.15, 0.2) is 23.4 Å². The van der Waals surface area contributed by atoms with Gasteiger partial charge in [-0.05, 0) is 13.0 Å². The van der Waals surface area contributed by atoms with Gasteiger partial charge in [-0.15, -0.1) is 0 Å². The highest BCUT2D eigenvalue weighted by atomic mass is 19.4. The van der Waals surface area contributed by atoms with E-state index in [-0.39, 0.29) is 17.7 Å². The summed E-state index contributed by atoms with van der Waals surface area (Å²) in [4.78, 5) is 0. The average Bonchev–Trinajstić information content (AvgIpc) is 2.34. The average molecular weight is 293 g/mol. The number of nitrogens with zero attached hydrogens (tertiary/aromatic N) is 1. The number of alkyl halides is 3. The van der Waals surface area contributed by atoms with Gasteiger partial charge in [0.05, 0.1) is 12.0 Å². The molecule has 1 aromatic rings. The molecule has 0 bridgehead atoms. The zero-order valence-electron chi connectivity index (χ0n) is 10.7. The van der Waals surface area contributed by atoms with Crippen LogP contribution in [-0.2, 0) is 6.54 Å². The van der Waals surface area contributed by atoms with E-state index in [1.165, 1.54) is 25.1 Å². The van der Waals surface area contributed by atoms with Gasteiger partial charge in [0.2, 0.25) is 0 Å². The fourth-order valence-electron chi connectivity index (χ4n) is 1.67. The van der Waals surface area contributed by atoms with Crippen molar-refractivity contribution < 1.29 is 22.8 Å². The number of nitrogens with two attached hydrogens (primary N) is 1. The van der Waals surface area contributed by atoms with Crippen molar-refractivity contribution >= 4 is 5.84 Å². The molecule has 20 heavy (non-hydrogen) atoms. The zero-order valence-corrected chi connectivity index (χ0v) is 10.7. The number of benzene rings is 1. The third-order valence-corrected chi connectivity index (χ3v) is 2.64. The molecule has 4 N–H and O–H groups in total. The van der Waals surface area contributed by atoms with Crippen LogP contribution in [0.1, 0.15) is 24.5 Å². The van der Waals surface area contributed by atoms with Gasteiger partial charge in [0, 0.05) is 18.2 Å². The van der Waals surface area contributed by atoms with Gasteiger partial charge in [0.15, 0.2) is 5.84 Å². The van der Waals surface area contributed by atoms with Crippen LogP contribution in [-0.4, -0.2) is 23.3 Å². The molecule has 1 unspecified atom stereocenters. The lowest BCUT2D eigenvalue weighted by Gasteiger charge is -2.16. The smallest absolute Gasteiger partial charge is 0.390 e. The number of hydrogen-bond acceptors (Lipinski definition) is 3. The van der Waals surface area contributed by atoms with Crippen LogP contribution in [0.3, 0.4) is 0 Å². The van der Waals surface area contributed by atoms with Crippen LogP contribution in [0.25, 0.3) is 0 Å². The summed E-state index contributed by atoms with van der Waals surface area (Å²) in [6.07, 6.45) is -5.28. The van der Waals surface area contributed by atoms with Crippen molar-refractivity contribution in [2.75, 3.05) is 0 Å². The monoisotopic (exact) mass is 293 g/mol. The standard InChI is InChI=1S/C12H15F4N3O/c1-7(5-12(14,15)16)18-6-8-3-2-4-9(10(8)13)11(17)19-20/h2-4,7,18,20H,5-6H2,1H3,(H2,17,19). The van der Waals surface area contributed by atoms with Crippen LogP contribution >= 0.6 is 0 Å². The highest BCUT2D eigenvalue weighted by Gasteiger charge is 2.29. The van der Waals surface area contributed by atoms with Gasteiger partial charge in [-0.3, -0.25) is 0 Å². The molecule has 0 spiro atoms. The molecule has 0 aliphatic heterocycles. The van der Waals surface area contributed by atoms with Crippen LogP contribution in [0.5, 0.6) is 0 Å². The van der Waals surface area contributed by atoms with Crippen LogP contribution in [0, 0.1) is 5.82 Å². The second-order valence-corrected chi connectivity index (χ2v) is 4.37. The first kappa shape index (κ1) is 16.2. The molecule has 0 saturated heterocycles. The number of hydrogen-bond donors (Lipinski definition) is 3. The molecule has 0 aromatic heterocycles. The van der Waals surface area contributed by atoms with E-state index in [1.807, 2.05) is 0 Å². The predicted octanol–water partition coefficient (Wildman–Crippen LogP) is 2.35. The fourth-order valence-corrected chi connectivity index (χ4v) is 1.67. The summed E-state index contributed by atoms with van der Waals surface area (Å²) in [6, 6.07) is 3.35. The molecule has 4 nitrogen and oxygen atoms in total. The summed E-state index contributed by atoms with van der Waals surface area (Å²) in [7, 11) is 0. The van der Waals surface area contributed by atoms with Gasteiger partial charge in [0.25, 0.3) is 0 Å². The first-order valence-electron chi connectivity index (χ1n) is 5.80. The van der Waals surface area contributed by atoms with Crippen LogP contribution in [0.4, 0.5) is 17.6 Å². The van der Waals surface area contributed by atoms with E-state index in [0.717, 1.165) is 0 Å². The topological polar surface area (TPSA) is 70.6 Å². The molecule has 0 heterocycles. The number of halogens is 4. The minimum absolute atomic E-state index is 0.0877. The Kier molecular flexibility index (Phi) is 5.32. The molecule has 0 radical (unpaired) electrons. The second-order valence-electron chi connectivity index (χ2n) is 4.37. The van der Waals surface area contributed by atoms with E-state index in [0.29, 0.717) is 0 Å². The molecule has 0 aliphatic rings. The highest BCUT2D eigenvalue weighted by molar-refractivity contribution is 5.97. The zero-order chi connectivity index (χ0) is 15.3. The Labute approximate surface area is 113 Å². The van der Waals surface area contributed by atoms with E-state index in [1.54, 1.807) is 0 Å². The summed E-state index contributed by atoms with van der Waals surface area (Å²) in [6.45, 7) is 1.27. The first-order chi connectivity index (χ1) is 9.24. The fraction of sp³-hybridized carbons (Fsp3) is 0.417. The third-order valence-electron chi connectivity index (χ3n) is 2.64. The summed E-state index contributed by atoms with van der Waals surface area (Å²) in [5.41, 5.74) is 5.33. The maximum atomic E-state index is 14.0. The SMILES string of the molecule is CC(CC(F)(F)F)NCc1cccc(/C(N)=N/O)c1F. The Hall–Kier alpha value is -1.83. The molecule has 8 heteroatoms. The molecule has 0 amide bonds. The molecule has 0 aliphatic carbocycles. The first-order valence-corrected chi connectivity index (χ1v) is 5.80. The number of amidine groups is 1. The Morgan fingerprint density at radius 2 is 2.10 bits per heavy atom. The lowest BCUT2D eigenvalue weighted by molar-refractivity contribution is -0.139. The van der Waals surface area contributed by atoms with E-state index in [4.69, 9.17) is 10.9 Å². The molecular weight excluding hydrogens is 278 g/mol. The van der Waals surface area contributed by atoms with Crippen LogP contribution < -0.4 is 11.1 Å². The largest absolute Gasteiger partial charge is 0.409 e. The third kappa shape index (κ3) is 4.69. The maximum Gasteiger partial charge on any atom is 0.390 e. The summed E-state index contributed by atoms with van der Waals surface area (Å²) in [5, 5.41) is 13.8. The summed E-state index contributed by atoms with van der Waals surface area (Å²) in [5.74, 6) is -1.12. The van der Waals surface area contributed by atoms with E-state index < -0.39 is 30.3 Å². The Morgan fingerprint density at radius 1 is 1.45 bits per heavy atom. The molecule has 112 valence electrons. The predicted molar refractivity (Wildman–Crippen MR) is 65.9 cm³/mol. The van der Waals surface area contributed by atoms with Crippen molar-refractivity contribution in [3.63, 3.8) is 0 Å². The normalized spacial score (nSPS) is 14.3. The Balaban J connectivity index is 2.74. The van der Waals surface area contributed by atoms with Gasteiger partial charge >= 0.3 is 6.18 Å². The summed E-state index contributed by atoms with van der Waals surface area (Å²) >= 11 is 0. The van der Waals surface area contributed by atoms with E-state index in [2.05, 4.69) is 10.5 Å². The summed E-state index contributed by atoms with van der Waals surface area (Å²) < 4.78 is 50.4. The lowest BCUT2D eigenvalue weighted by Crippen LogP contribution is -2.31. The van der Waals surface area contributed by atoms with Gasteiger partial charge in [-0.2, -0.15) is 13.2 Å². The van der Waals surface area contributed by atoms with Crippen molar-refractivity contribution in [2.45, 2.75) is 32.1 Å². The van der Waals surface area contributed by atoms with E-state index in [9.17, 15) is 17.6 Å². The van der Waals surface area contributed by atoms with Crippen molar-refractivity contribution in [3.8, 4) is 0 Å². The molecular formula is C12H15F4N3O. The number of oxime groups is 1. The minimum Gasteiger partial charge on any atom is -0.409 e. The van der Waals surface area contributed by atoms with Crippen molar-refractivity contribution in [3.05, 3.63) is 35.1 Å². The van der Waals surface area contributed by atoms with Crippen molar-refractivity contribution in [1.82, 2.24) is 5.32 Å². The van der Waals surface area contributed by atoms with Gasteiger partial charge in [-0.25, -0.2) is 4.39 Å². The molecule has 0 saturated carbocycles. The Morgan fingerprint density at radius 3 is 2.65 bits per heavy atom. The van der Waals surface area contributed by atoms with Gasteiger partial charge in [-0.1, -0.05) is 17.3 Å².